The molecule has 1 aliphatic rings. The van der Waals surface area contributed by atoms with Crippen molar-refractivity contribution in [2.24, 2.45) is 0 Å². The fourth-order valence-electron chi connectivity index (χ4n) is 3.60. The smallest absolute Gasteiger partial charge is 0.256 e. The molecule has 0 radical (unpaired) electrons. The van der Waals surface area contributed by atoms with E-state index < -0.39 is 5.82 Å². The van der Waals surface area contributed by atoms with Crippen molar-refractivity contribution in [1.82, 2.24) is 14.8 Å². The van der Waals surface area contributed by atoms with Crippen molar-refractivity contribution in [2.45, 2.75) is 6.42 Å². The maximum Gasteiger partial charge on any atom is 0.256 e. The molecule has 2 heterocycles. The lowest BCUT2D eigenvalue weighted by Gasteiger charge is -2.34. The highest BCUT2D eigenvalue weighted by molar-refractivity contribution is 5.94. The van der Waals surface area contributed by atoms with Gasteiger partial charge in [0.05, 0.1) is 5.56 Å². The van der Waals surface area contributed by atoms with Gasteiger partial charge < -0.3 is 9.88 Å². The number of nitrogens with one attached hydrogen (secondary N) is 1. The second-order valence-corrected chi connectivity index (χ2v) is 6.72. The minimum Gasteiger partial charge on any atom is -0.361 e. The molecule has 1 amide bonds. The zero-order valence-corrected chi connectivity index (χ0v) is 14.6. The van der Waals surface area contributed by atoms with Crippen LogP contribution < -0.4 is 0 Å². The Hall–Kier alpha value is -2.66. The van der Waals surface area contributed by atoms with Crippen LogP contribution in [0.3, 0.4) is 0 Å². The first-order valence-corrected chi connectivity index (χ1v) is 9.03. The first-order valence-electron chi connectivity index (χ1n) is 9.03. The summed E-state index contributed by atoms with van der Waals surface area (Å²) in [6.07, 6.45) is 3.06. The Morgan fingerprint density at radius 2 is 1.73 bits per heavy atom. The van der Waals surface area contributed by atoms with Gasteiger partial charge >= 0.3 is 0 Å². The van der Waals surface area contributed by atoms with E-state index in [1.165, 1.54) is 22.5 Å². The summed E-state index contributed by atoms with van der Waals surface area (Å²) >= 11 is 0. The lowest BCUT2D eigenvalue weighted by atomic mass is 10.1. The minimum atomic E-state index is -0.445. The predicted octanol–water partition coefficient (Wildman–Crippen LogP) is 3.31. The van der Waals surface area contributed by atoms with Crippen LogP contribution in [0.1, 0.15) is 15.9 Å². The van der Waals surface area contributed by atoms with Gasteiger partial charge in [0.15, 0.2) is 0 Å². The van der Waals surface area contributed by atoms with E-state index in [1.54, 1.807) is 23.1 Å². The number of amides is 1. The summed E-state index contributed by atoms with van der Waals surface area (Å²) in [4.78, 5) is 19.9. The first kappa shape index (κ1) is 16.8. The van der Waals surface area contributed by atoms with Gasteiger partial charge in [0, 0.05) is 49.8 Å². The van der Waals surface area contributed by atoms with Crippen LogP contribution in [0.15, 0.2) is 54.7 Å². The van der Waals surface area contributed by atoms with Crippen molar-refractivity contribution in [3.05, 3.63) is 71.7 Å². The van der Waals surface area contributed by atoms with Crippen molar-refractivity contribution in [1.29, 1.82) is 0 Å². The van der Waals surface area contributed by atoms with Crippen LogP contribution in [-0.4, -0.2) is 53.4 Å². The van der Waals surface area contributed by atoms with E-state index in [1.807, 2.05) is 6.07 Å². The minimum absolute atomic E-state index is 0.166. The molecule has 3 aromatic rings. The molecule has 1 saturated heterocycles. The SMILES string of the molecule is O=C(c1ccccc1F)N1CCN(CCc2c[nH]c3ccccc23)CC1. The van der Waals surface area contributed by atoms with Gasteiger partial charge in [-0.1, -0.05) is 30.3 Å². The number of carbonyl (C=O) groups is 1. The summed E-state index contributed by atoms with van der Waals surface area (Å²) in [6.45, 7) is 3.89. The summed E-state index contributed by atoms with van der Waals surface area (Å²) in [5.41, 5.74) is 2.66. The Labute approximate surface area is 152 Å². The number of fused-ring (bicyclic) bond motifs is 1. The van der Waals surface area contributed by atoms with E-state index in [0.717, 1.165) is 26.1 Å². The lowest BCUT2D eigenvalue weighted by molar-refractivity contribution is 0.0634. The number of benzene rings is 2. The fraction of sp³-hybridized carbons (Fsp3) is 0.286. The molecule has 0 spiro atoms. The molecule has 0 saturated carbocycles. The summed E-state index contributed by atoms with van der Waals surface area (Å²) in [6, 6.07) is 14.5. The molecule has 0 atom stereocenters. The highest BCUT2D eigenvalue weighted by atomic mass is 19.1. The Kier molecular flexibility index (Phi) is 4.71. The number of piperazine rings is 1. The monoisotopic (exact) mass is 351 g/mol. The number of para-hydroxylation sites is 1. The number of hydrogen-bond acceptors (Lipinski definition) is 2. The number of H-pyrrole nitrogens is 1. The largest absolute Gasteiger partial charge is 0.361 e. The average Bonchev–Trinajstić information content (AvgIpc) is 3.10. The third-order valence-corrected chi connectivity index (χ3v) is 5.14. The maximum atomic E-state index is 13.8. The van der Waals surface area contributed by atoms with Crippen molar-refractivity contribution >= 4 is 16.8 Å². The van der Waals surface area contributed by atoms with Gasteiger partial charge in [-0.15, -0.1) is 0 Å². The summed E-state index contributed by atoms with van der Waals surface area (Å²) < 4.78 is 13.8. The number of nitrogens with zero attached hydrogens (tertiary/aromatic N) is 2. The maximum absolute atomic E-state index is 13.8. The van der Waals surface area contributed by atoms with Crippen molar-refractivity contribution in [2.75, 3.05) is 32.7 Å². The number of aromatic nitrogens is 1. The van der Waals surface area contributed by atoms with Crippen molar-refractivity contribution in [3.63, 3.8) is 0 Å². The van der Waals surface area contributed by atoms with Gasteiger partial charge in [-0.3, -0.25) is 9.69 Å². The first-order chi connectivity index (χ1) is 12.7. The van der Waals surface area contributed by atoms with Gasteiger partial charge in [-0.2, -0.15) is 0 Å². The summed E-state index contributed by atoms with van der Waals surface area (Å²) in [5, 5.41) is 1.28. The molecule has 1 N–H and O–H groups in total. The summed E-state index contributed by atoms with van der Waals surface area (Å²) in [5.74, 6) is -0.654. The Bertz CT molecular complexity index is 912. The standard InChI is InChI=1S/C21H22FN3O/c22-19-7-3-1-6-18(19)21(26)25-13-11-24(12-14-25)10-9-16-15-23-20-8-4-2-5-17(16)20/h1-8,15,23H,9-14H2. The van der Waals surface area contributed by atoms with Crippen LogP contribution >= 0.6 is 0 Å². The Morgan fingerprint density at radius 1 is 1.00 bits per heavy atom. The van der Waals surface area contributed by atoms with Crippen LogP contribution in [0, 0.1) is 5.82 Å². The topological polar surface area (TPSA) is 39.3 Å². The van der Waals surface area contributed by atoms with E-state index in [0.29, 0.717) is 13.1 Å². The highest BCUT2D eigenvalue weighted by Crippen LogP contribution is 2.19. The van der Waals surface area contributed by atoms with Crippen molar-refractivity contribution in [3.8, 4) is 0 Å². The number of aromatic amines is 1. The normalized spacial score (nSPS) is 15.5. The molecule has 0 unspecified atom stereocenters. The van der Waals surface area contributed by atoms with Gasteiger partial charge in [0.25, 0.3) is 5.91 Å². The fourth-order valence-corrected chi connectivity index (χ4v) is 3.60. The molecular weight excluding hydrogens is 329 g/mol. The molecule has 4 rings (SSSR count). The average molecular weight is 351 g/mol. The number of rotatable bonds is 4. The van der Waals surface area contributed by atoms with E-state index in [4.69, 9.17) is 0 Å². The van der Waals surface area contributed by atoms with Gasteiger partial charge in [0.2, 0.25) is 0 Å². The third kappa shape index (κ3) is 3.35. The van der Waals surface area contributed by atoms with E-state index in [-0.39, 0.29) is 11.5 Å². The second-order valence-electron chi connectivity index (χ2n) is 6.72. The molecule has 5 heteroatoms. The van der Waals surface area contributed by atoms with E-state index in [9.17, 15) is 9.18 Å². The van der Waals surface area contributed by atoms with Gasteiger partial charge in [-0.25, -0.2) is 4.39 Å². The molecule has 0 aliphatic carbocycles. The molecule has 4 nitrogen and oxygen atoms in total. The number of hydrogen-bond donors (Lipinski definition) is 1. The molecule has 1 fully saturated rings. The van der Waals surface area contributed by atoms with Crippen LogP contribution in [0.4, 0.5) is 4.39 Å². The number of halogens is 1. The van der Waals surface area contributed by atoms with Gasteiger partial charge in [-0.05, 0) is 30.2 Å². The quantitative estimate of drug-likeness (QED) is 0.783. The Balaban J connectivity index is 1.32. The highest BCUT2D eigenvalue weighted by Gasteiger charge is 2.23. The third-order valence-electron chi connectivity index (χ3n) is 5.14. The second kappa shape index (κ2) is 7.30. The van der Waals surface area contributed by atoms with E-state index in [2.05, 4.69) is 34.3 Å². The molecular formula is C21H22FN3O. The zero-order valence-electron chi connectivity index (χ0n) is 14.6. The molecule has 0 bridgehead atoms. The van der Waals surface area contributed by atoms with Crippen LogP contribution in [0.5, 0.6) is 0 Å². The molecule has 2 aromatic carbocycles. The van der Waals surface area contributed by atoms with Gasteiger partial charge in [0.1, 0.15) is 5.82 Å². The zero-order chi connectivity index (χ0) is 17.9. The lowest BCUT2D eigenvalue weighted by Crippen LogP contribution is -2.49. The molecule has 26 heavy (non-hydrogen) atoms. The Morgan fingerprint density at radius 3 is 2.54 bits per heavy atom. The molecule has 1 aliphatic heterocycles. The van der Waals surface area contributed by atoms with Crippen LogP contribution in [0.2, 0.25) is 0 Å². The van der Waals surface area contributed by atoms with E-state index >= 15 is 0 Å². The molecule has 1 aromatic heterocycles. The summed E-state index contributed by atoms with van der Waals surface area (Å²) in [7, 11) is 0. The molecule has 134 valence electrons. The van der Waals surface area contributed by atoms with Crippen LogP contribution in [-0.2, 0) is 6.42 Å². The van der Waals surface area contributed by atoms with Crippen molar-refractivity contribution < 1.29 is 9.18 Å². The number of carbonyl (C=O) groups excluding carboxylic acids is 1. The van der Waals surface area contributed by atoms with Crippen LogP contribution in [0.25, 0.3) is 10.9 Å². The predicted molar refractivity (Wildman–Crippen MR) is 101 cm³/mol.